The molecule has 0 aromatic heterocycles. The van der Waals surface area contributed by atoms with E-state index < -0.39 is 53.6 Å². The molecule has 71 heavy (non-hydrogen) atoms. The van der Waals surface area contributed by atoms with Crippen LogP contribution in [0.15, 0.2) is 71.3 Å². The Hall–Kier alpha value is -3.98. The minimum Gasteiger partial charge on any atom is -0.482 e. The van der Waals surface area contributed by atoms with Gasteiger partial charge in [-0.1, -0.05) is 26.8 Å². The highest BCUT2D eigenvalue weighted by Gasteiger charge is 2.44. The van der Waals surface area contributed by atoms with Crippen molar-refractivity contribution in [2.75, 3.05) is 120 Å². The maximum Gasteiger partial charge on any atom is 0.305 e. The van der Waals surface area contributed by atoms with Crippen LogP contribution in [0.4, 0.5) is 11.4 Å². The Morgan fingerprint density at radius 3 is 1.85 bits per heavy atom. The zero-order chi connectivity index (χ0) is 52.3. The second kappa shape index (κ2) is 27.9. The van der Waals surface area contributed by atoms with Crippen LogP contribution in [-0.2, 0) is 69.0 Å². The number of hydrogen-bond acceptors (Lipinski definition) is 16. The van der Waals surface area contributed by atoms with E-state index in [0.717, 1.165) is 16.8 Å². The fourth-order valence-electron chi connectivity index (χ4n) is 8.20. The Bertz CT molecular complexity index is 2470. The smallest absolute Gasteiger partial charge is 0.305 e. The van der Waals surface area contributed by atoms with Crippen LogP contribution in [0.25, 0.3) is 5.57 Å². The van der Waals surface area contributed by atoms with Gasteiger partial charge in [0, 0.05) is 53.8 Å². The molecule has 2 aromatic rings. The quantitative estimate of drug-likeness (QED) is 0.0484. The molecule has 0 amide bonds. The Morgan fingerprint density at radius 2 is 1.32 bits per heavy atom. The Kier molecular flexibility index (Phi) is 23.4. The first-order valence-electron chi connectivity index (χ1n) is 23.6. The Morgan fingerprint density at radius 1 is 0.775 bits per heavy atom. The summed E-state index contributed by atoms with van der Waals surface area (Å²) >= 11 is 0. The predicted molar refractivity (Wildman–Crippen MR) is 268 cm³/mol. The molecule has 4 N–H and O–H groups in total. The molecule has 0 spiro atoms. The summed E-state index contributed by atoms with van der Waals surface area (Å²) in [5.74, 6) is -1.17. The van der Waals surface area contributed by atoms with E-state index in [1.54, 1.807) is 6.07 Å². The Labute approximate surface area is 419 Å². The molecule has 0 aliphatic carbocycles. The lowest BCUT2D eigenvalue weighted by atomic mass is 9.77. The maximum atomic E-state index is 12.4. The molecule has 0 saturated carbocycles. The topological polar surface area (TPSA) is 272 Å². The van der Waals surface area contributed by atoms with Gasteiger partial charge >= 0.3 is 5.97 Å². The number of carbonyl (C=O) groups is 1. The molecule has 4 rings (SSSR count). The molecule has 2 unspecified atom stereocenters. The second-order valence-electron chi connectivity index (χ2n) is 18.1. The van der Waals surface area contributed by atoms with E-state index in [1.165, 1.54) is 12.1 Å². The third-order valence-corrected chi connectivity index (χ3v) is 14.1. The molecule has 0 saturated heterocycles. The number of ether oxygens (including phenoxy) is 7. The molecule has 0 fully saturated rings. The first-order valence-corrected chi connectivity index (χ1v) is 28.2. The number of anilines is 2. The summed E-state index contributed by atoms with van der Waals surface area (Å²) in [6.45, 7) is 15.1. The summed E-state index contributed by atoms with van der Waals surface area (Å²) in [5.41, 5.74) is 3.32. The van der Waals surface area contributed by atoms with Gasteiger partial charge in [-0.15, -0.1) is 0 Å². The van der Waals surface area contributed by atoms with Crippen LogP contribution in [0.1, 0.15) is 71.4 Å². The van der Waals surface area contributed by atoms with E-state index in [4.69, 9.17) is 38.3 Å². The molecule has 2 aliphatic rings. The van der Waals surface area contributed by atoms with E-state index in [9.17, 15) is 43.7 Å². The molecule has 400 valence electrons. The van der Waals surface area contributed by atoms with Gasteiger partial charge in [0.1, 0.15) is 11.9 Å². The lowest BCUT2D eigenvalue weighted by Crippen LogP contribution is -2.31. The molecule has 2 atom stereocenters. The van der Waals surface area contributed by atoms with E-state index in [0.29, 0.717) is 95.2 Å². The average molecular weight is 1060 g/mol. The van der Waals surface area contributed by atoms with Gasteiger partial charge in [0.25, 0.3) is 30.4 Å². The van der Waals surface area contributed by atoms with Crippen molar-refractivity contribution in [1.29, 1.82) is 0 Å². The number of nitrogens with zero attached hydrogens (tertiary/aromatic N) is 2. The molecular weight excluding hydrogens is 989 g/mol. The third kappa shape index (κ3) is 20.1. The number of fused-ring (bicyclic) bond motifs is 2. The molecule has 2 aliphatic heterocycles. The summed E-state index contributed by atoms with van der Waals surface area (Å²) in [6.07, 6.45) is 7.45. The zero-order valence-corrected chi connectivity index (χ0v) is 43.8. The average Bonchev–Trinajstić information content (AvgIpc) is 3.50. The largest absolute Gasteiger partial charge is 0.482 e. The van der Waals surface area contributed by atoms with Crippen LogP contribution in [-0.4, -0.2) is 167 Å². The van der Waals surface area contributed by atoms with Crippen molar-refractivity contribution in [2.24, 2.45) is 5.41 Å². The molecule has 2 aromatic carbocycles. The summed E-state index contributed by atoms with van der Waals surface area (Å²) in [4.78, 5) is 14.1. The van der Waals surface area contributed by atoms with Crippen molar-refractivity contribution in [3.8, 4) is 5.75 Å². The standard InChI is InChI=1S/C48H72N2O18S3/c1-6-49(18-9-33-70(56,57)58)37-12-14-40-41(47(2,3)4)35-38(68-44(40)34-37)10-7-11-45-48(5,17-8-32-69(53,54)55)42-36-39(71(59,60)61)13-15-43(42)50(45)19-21-63-23-25-65-27-29-67-31-30-66-28-26-64-24-22-62-20-16-46(51)52/h7,10-15,34-36,38H,6,8-9,16-33H2,1-5H3,(H,51,52)(H,53,54,55)(H,56,57,58)(H,59,60,61)/b10-7+,45-11+. The summed E-state index contributed by atoms with van der Waals surface area (Å²) < 4.78 is 140. The number of benzene rings is 2. The highest BCUT2D eigenvalue weighted by molar-refractivity contribution is 7.86. The summed E-state index contributed by atoms with van der Waals surface area (Å²) in [6, 6.07) is 10.2. The first kappa shape index (κ1) is 59.6. The van der Waals surface area contributed by atoms with Crippen LogP contribution in [0.3, 0.4) is 0 Å². The van der Waals surface area contributed by atoms with Gasteiger partial charge in [0.2, 0.25) is 0 Å². The lowest BCUT2D eigenvalue weighted by Gasteiger charge is -2.33. The number of allylic oxidation sites excluding steroid dienone is 4. The number of carboxylic acids is 1. The van der Waals surface area contributed by atoms with Crippen molar-refractivity contribution in [1.82, 2.24) is 0 Å². The minimum absolute atomic E-state index is 0.0303. The normalized spacial score (nSPS) is 17.9. The minimum atomic E-state index is -4.62. The van der Waals surface area contributed by atoms with E-state index in [2.05, 4.69) is 20.8 Å². The van der Waals surface area contributed by atoms with E-state index in [-0.39, 0.29) is 68.2 Å². The van der Waals surface area contributed by atoms with Gasteiger partial charge in [-0.3, -0.25) is 18.5 Å². The first-order chi connectivity index (χ1) is 33.4. The summed E-state index contributed by atoms with van der Waals surface area (Å²) in [5, 5.41) is 8.60. The second-order valence-corrected chi connectivity index (χ2v) is 22.7. The monoisotopic (exact) mass is 1060 g/mol. The SMILES string of the molecule is CCN(CCCS(=O)(=O)O)c1ccc2c(c1)OC(/C=C/C=C1/N(CCOCCOCCOCCOCCOCCOCCC(=O)O)c3ccc(S(=O)(=O)O)cc3C1(C)CCCS(=O)(=O)O)C=C2C(C)(C)C. The van der Waals surface area contributed by atoms with Crippen LogP contribution < -0.4 is 14.5 Å². The molecule has 20 nitrogen and oxygen atoms in total. The molecular formula is C48H72N2O18S3. The lowest BCUT2D eigenvalue weighted by molar-refractivity contribution is -0.138. The fraction of sp³-hybridized carbons (Fsp3) is 0.604. The van der Waals surface area contributed by atoms with E-state index >= 15 is 0 Å². The van der Waals surface area contributed by atoms with Gasteiger partial charge in [-0.25, -0.2) is 0 Å². The van der Waals surface area contributed by atoms with Crippen LogP contribution >= 0.6 is 0 Å². The van der Waals surface area contributed by atoms with Gasteiger partial charge < -0.3 is 48.1 Å². The van der Waals surface area contributed by atoms with Crippen molar-refractivity contribution in [3.05, 3.63) is 77.5 Å². The maximum absolute atomic E-state index is 12.4. The number of aliphatic carboxylic acids is 1. The molecule has 0 bridgehead atoms. The van der Waals surface area contributed by atoms with Crippen molar-refractivity contribution in [2.45, 2.75) is 76.7 Å². The van der Waals surface area contributed by atoms with Gasteiger partial charge in [-0.2, -0.15) is 25.3 Å². The van der Waals surface area contributed by atoms with Crippen LogP contribution in [0, 0.1) is 5.41 Å². The fourth-order valence-corrected chi connectivity index (χ4v) is 9.71. The van der Waals surface area contributed by atoms with Crippen molar-refractivity contribution < 1.29 is 82.0 Å². The highest BCUT2D eigenvalue weighted by Crippen LogP contribution is 2.51. The predicted octanol–water partition coefficient (Wildman–Crippen LogP) is 5.69. The summed E-state index contributed by atoms with van der Waals surface area (Å²) in [7, 11) is -13.0. The molecule has 23 heteroatoms. The number of carboxylic acid groups (broad SMARTS) is 1. The third-order valence-electron chi connectivity index (χ3n) is 11.7. The van der Waals surface area contributed by atoms with Gasteiger partial charge in [0.05, 0.1) is 102 Å². The molecule has 0 radical (unpaired) electrons. The number of hydrogen-bond donors (Lipinski definition) is 4. The van der Waals surface area contributed by atoms with Crippen LogP contribution in [0.2, 0.25) is 0 Å². The highest BCUT2D eigenvalue weighted by atomic mass is 32.2. The molecule has 2 heterocycles. The van der Waals surface area contributed by atoms with E-state index in [1.807, 2.05) is 66.2 Å². The van der Waals surface area contributed by atoms with Crippen LogP contribution in [0.5, 0.6) is 5.75 Å². The zero-order valence-electron chi connectivity index (χ0n) is 41.3. The van der Waals surface area contributed by atoms with Crippen molar-refractivity contribution >= 4 is 53.3 Å². The van der Waals surface area contributed by atoms with Gasteiger partial charge in [-0.05, 0) is 98.2 Å². The number of rotatable bonds is 34. The Balaban J connectivity index is 1.44. The van der Waals surface area contributed by atoms with Crippen molar-refractivity contribution in [3.63, 3.8) is 0 Å². The van der Waals surface area contributed by atoms with Gasteiger partial charge in [0.15, 0.2) is 0 Å².